The predicted molar refractivity (Wildman–Crippen MR) is 94.5 cm³/mol. The van der Waals surface area contributed by atoms with Crippen LogP contribution < -0.4 is 5.01 Å². The largest absolute Gasteiger partial charge is 0.481 e. The highest BCUT2D eigenvalue weighted by Gasteiger charge is 2.19. The molecule has 0 unspecified atom stereocenters. The second kappa shape index (κ2) is 7.95. The lowest BCUT2D eigenvalue weighted by Crippen LogP contribution is -2.36. The molecule has 1 aliphatic heterocycles. The highest BCUT2D eigenvalue weighted by molar-refractivity contribution is 5.95. The molecular formula is C18H25N3O3. The Labute approximate surface area is 142 Å². The van der Waals surface area contributed by atoms with Crippen molar-refractivity contribution in [2.75, 3.05) is 24.6 Å². The van der Waals surface area contributed by atoms with Gasteiger partial charge in [-0.15, -0.1) is 0 Å². The molecule has 2 rings (SSSR count). The average molecular weight is 331 g/mol. The van der Waals surface area contributed by atoms with Gasteiger partial charge in [-0.2, -0.15) is 5.10 Å². The number of carbonyl (C=O) groups is 2. The van der Waals surface area contributed by atoms with E-state index in [1.54, 1.807) is 17.0 Å². The number of benzene rings is 1. The van der Waals surface area contributed by atoms with E-state index in [9.17, 15) is 9.59 Å². The molecule has 24 heavy (non-hydrogen) atoms. The van der Waals surface area contributed by atoms with Crippen LogP contribution in [0.5, 0.6) is 0 Å². The number of rotatable bonds is 7. The van der Waals surface area contributed by atoms with Crippen molar-refractivity contribution < 1.29 is 14.7 Å². The van der Waals surface area contributed by atoms with Crippen LogP contribution in [0.25, 0.3) is 0 Å². The molecule has 1 N–H and O–H groups in total. The van der Waals surface area contributed by atoms with Crippen LogP contribution in [0.1, 0.15) is 44.0 Å². The Morgan fingerprint density at radius 1 is 1.29 bits per heavy atom. The summed E-state index contributed by atoms with van der Waals surface area (Å²) in [6, 6.07) is 7.35. The SMILES string of the molecule is CC1=NN(c2ccc(C(=O)N(CCC(=O)O)CC(C)C)cc2)CC1. The number of carboxylic acids is 1. The first-order valence-electron chi connectivity index (χ1n) is 8.29. The third kappa shape index (κ3) is 4.81. The molecule has 1 aliphatic rings. The summed E-state index contributed by atoms with van der Waals surface area (Å²) in [6.07, 6.45) is 0.913. The highest BCUT2D eigenvalue weighted by atomic mass is 16.4. The highest BCUT2D eigenvalue weighted by Crippen LogP contribution is 2.20. The van der Waals surface area contributed by atoms with E-state index >= 15 is 0 Å². The summed E-state index contributed by atoms with van der Waals surface area (Å²) in [4.78, 5) is 25.1. The number of carbonyl (C=O) groups excluding carboxylic acids is 1. The Morgan fingerprint density at radius 3 is 2.46 bits per heavy atom. The molecule has 1 aromatic rings. The van der Waals surface area contributed by atoms with Crippen molar-refractivity contribution >= 4 is 23.3 Å². The molecule has 1 heterocycles. The van der Waals surface area contributed by atoms with Gasteiger partial charge in [-0.1, -0.05) is 13.8 Å². The molecule has 1 amide bonds. The zero-order valence-electron chi connectivity index (χ0n) is 14.5. The Morgan fingerprint density at radius 2 is 1.96 bits per heavy atom. The van der Waals surface area contributed by atoms with E-state index in [-0.39, 0.29) is 24.8 Å². The van der Waals surface area contributed by atoms with Crippen LogP contribution in [0, 0.1) is 5.92 Å². The molecule has 0 radical (unpaired) electrons. The molecule has 0 atom stereocenters. The van der Waals surface area contributed by atoms with Crippen molar-refractivity contribution in [1.82, 2.24) is 4.90 Å². The van der Waals surface area contributed by atoms with Crippen LogP contribution in [0.15, 0.2) is 29.4 Å². The monoisotopic (exact) mass is 331 g/mol. The molecule has 6 nitrogen and oxygen atoms in total. The van der Waals surface area contributed by atoms with Gasteiger partial charge < -0.3 is 10.0 Å². The number of hydrazone groups is 1. The van der Waals surface area contributed by atoms with Gasteiger partial charge in [0.2, 0.25) is 0 Å². The van der Waals surface area contributed by atoms with E-state index in [1.165, 1.54) is 0 Å². The summed E-state index contributed by atoms with van der Waals surface area (Å²) >= 11 is 0. The smallest absolute Gasteiger partial charge is 0.305 e. The fraction of sp³-hybridized carbons (Fsp3) is 0.500. The number of aliphatic carboxylic acids is 1. The standard InChI is InChI=1S/C18H25N3O3/c1-13(2)12-20(10-9-17(22)23)18(24)15-4-6-16(7-5-15)21-11-8-14(3)19-21/h4-7,13H,8-12H2,1-3H3,(H,22,23). The zero-order valence-corrected chi connectivity index (χ0v) is 14.5. The average Bonchev–Trinajstić information content (AvgIpc) is 2.97. The molecule has 0 bridgehead atoms. The Hall–Kier alpha value is -2.37. The number of nitrogens with zero attached hydrogens (tertiary/aromatic N) is 3. The Bertz CT molecular complexity index is 623. The molecule has 6 heteroatoms. The molecule has 0 spiro atoms. The van der Waals surface area contributed by atoms with Crippen molar-refractivity contribution in [3.63, 3.8) is 0 Å². The Kier molecular flexibility index (Phi) is 5.95. The maximum Gasteiger partial charge on any atom is 0.305 e. The van der Waals surface area contributed by atoms with E-state index in [0.717, 1.165) is 24.4 Å². The number of carboxylic acid groups (broad SMARTS) is 1. The lowest BCUT2D eigenvalue weighted by atomic mass is 10.1. The molecule has 0 aliphatic carbocycles. The Balaban J connectivity index is 2.09. The predicted octanol–water partition coefficient (Wildman–Crippen LogP) is 2.85. The van der Waals surface area contributed by atoms with Gasteiger partial charge in [0.1, 0.15) is 0 Å². The number of hydrogen-bond acceptors (Lipinski definition) is 4. The molecule has 0 aromatic heterocycles. The van der Waals surface area contributed by atoms with Crippen LogP contribution >= 0.6 is 0 Å². The topological polar surface area (TPSA) is 73.2 Å². The molecule has 0 fully saturated rings. The normalized spacial score (nSPS) is 14.0. The minimum absolute atomic E-state index is 0.0433. The molecular weight excluding hydrogens is 306 g/mol. The third-order valence-corrected chi connectivity index (χ3v) is 3.86. The fourth-order valence-corrected chi connectivity index (χ4v) is 2.67. The minimum Gasteiger partial charge on any atom is -0.481 e. The summed E-state index contributed by atoms with van der Waals surface area (Å²) in [7, 11) is 0. The van der Waals surface area contributed by atoms with Gasteiger partial charge in [-0.3, -0.25) is 14.6 Å². The quantitative estimate of drug-likeness (QED) is 0.834. The molecule has 0 saturated heterocycles. The van der Waals surface area contributed by atoms with Gasteiger partial charge in [-0.05, 0) is 37.1 Å². The second-order valence-electron chi connectivity index (χ2n) is 6.54. The van der Waals surface area contributed by atoms with E-state index < -0.39 is 5.97 Å². The van der Waals surface area contributed by atoms with Crippen molar-refractivity contribution in [3.05, 3.63) is 29.8 Å². The van der Waals surface area contributed by atoms with Gasteiger partial charge in [0.15, 0.2) is 0 Å². The van der Waals surface area contributed by atoms with Gasteiger partial charge in [0, 0.05) is 37.3 Å². The summed E-state index contributed by atoms with van der Waals surface area (Å²) in [5.41, 5.74) is 2.64. The molecule has 0 saturated carbocycles. The van der Waals surface area contributed by atoms with Crippen LogP contribution in [-0.4, -0.2) is 47.2 Å². The number of anilines is 1. The summed E-state index contributed by atoms with van der Waals surface area (Å²) < 4.78 is 0. The summed E-state index contributed by atoms with van der Waals surface area (Å²) in [5, 5.41) is 15.2. The third-order valence-electron chi connectivity index (χ3n) is 3.86. The maximum atomic E-state index is 12.7. The second-order valence-corrected chi connectivity index (χ2v) is 6.54. The first kappa shape index (κ1) is 18.0. The van der Waals surface area contributed by atoms with Crippen LogP contribution in [0.2, 0.25) is 0 Å². The molecule has 1 aromatic carbocycles. The number of amides is 1. The fourth-order valence-electron chi connectivity index (χ4n) is 2.67. The first-order valence-corrected chi connectivity index (χ1v) is 8.29. The van der Waals surface area contributed by atoms with Crippen molar-refractivity contribution in [1.29, 1.82) is 0 Å². The van der Waals surface area contributed by atoms with E-state index in [2.05, 4.69) is 5.10 Å². The van der Waals surface area contributed by atoms with E-state index in [0.29, 0.717) is 12.1 Å². The van der Waals surface area contributed by atoms with E-state index in [1.807, 2.05) is 37.9 Å². The van der Waals surface area contributed by atoms with Crippen molar-refractivity contribution in [2.45, 2.75) is 33.6 Å². The van der Waals surface area contributed by atoms with E-state index in [4.69, 9.17) is 5.11 Å². The minimum atomic E-state index is -0.894. The summed E-state index contributed by atoms with van der Waals surface area (Å²) in [5.74, 6) is -0.740. The van der Waals surface area contributed by atoms with Gasteiger partial charge >= 0.3 is 5.97 Å². The lowest BCUT2D eigenvalue weighted by Gasteiger charge is -2.24. The van der Waals surface area contributed by atoms with Gasteiger partial charge in [0.25, 0.3) is 5.91 Å². The van der Waals surface area contributed by atoms with Gasteiger partial charge in [0.05, 0.1) is 12.1 Å². The van der Waals surface area contributed by atoms with Crippen LogP contribution in [0.3, 0.4) is 0 Å². The van der Waals surface area contributed by atoms with Crippen molar-refractivity contribution in [3.8, 4) is 0 Å². The van der Waals surface area contributed by atoms with Gasteiger partial charge in [-0.25, -0.2) is 0 Å². The molecule has 130 valence electrons. The zero-order chi connectivity index (χ0) is 17.7. The van der Waals surface area contributed by atoms with Crippen LogP contribution in [-0.2, 0) is 4.79 Å². The van der Waals surface area contributed by atoms with Crippen molar-refractivity contribution in [2.24, 2.45) is 11.0 Å². The maximum absolute atomic E-state index is 12.7. The van der Waals surface area contributed by atoms with Crippen LogP contribution in [0.4, 0.5) is 5.69 Å². The summed E-state index contributed by atoms with van der Waals surface area (Å²) in [6.45, 7) is 7.66. The first-order chi connectivity index (χ1) is 11.4. The lowest BCUT2D eigenvalue weighted by molar-refractivity contribution is -0.137. The number of hydrogen-bond donors (Lipinski definition) is 1.